The van der Waals surface area contributed by atoms with Crippen molar-refractivity contribution in [2.24, 2.45) is 5.73 Å². The number of hydrogen-bond donors (Lipinski definition) is 1. The summed E-state index contributed by atoms with van der Waals surface area (Å²) < 4.78 is 5.28. The molecule has 2 nitrogen and oxygen atoms in total. The van der Waals surface area contributed by atoms with E-state index in [4.69, 9.17) is 22.1 Å². The van der Waals surface area contributed by atoms with Gasteiger partial charge in [0.25, 0.3) is 0 Å². The van der Waals surface area contributed by atoms with E-state index in [0.717, 1.165) is 16.1 Å². The van der Waals surface area contributed by atoms with Gasteiger partial charge in [-0.25, -0.2) is 0 Å². The van der Waals surface area contributed by atoms with Crippen LogP contribution in [-0.2, 0) is 11.3 Å². The highest BCUT2D eigenvalue weighted by Gasteiger charge is 2.19. The van der Waals surface area contributed by atoms with Gasteiger partial charge >= 0.3 is 0 Å². The Hall–Kier alpha value is -0.570. The standard InChI is InChI=1S/C9H10ClNO/c10-7-3-1-2-6-4-12-5-8(11)9(6)7/h1-3,8H,4-5,11H2/t8-/m1/s1. The Morgan fingerprint density at radius 3 is 3.08 bits per heavy atom. The average molecular weight is 184 g/mol. The molecular weight excluding hydrogens is 174 g/mol. The Morgan fingerprint density at radius 1 is 1.50 bits per heavy atom. The van der Waals surface area contributed by atoms with Crippen LogP contribution >= 0.6 is 11.6 Å². The van der Waals surface area contributed by atoms with Crippen molar-refractivity contribution in [1.82, 2.24) is 0 Å². The summed E-state index contributed by atoms with van der Waals surface area (Å²) in [6.07, 6.45) is 0. The number of ether oxygens (including phenoxy) is 1. The second-order valence-corrected chi connectivity index (χ2v) is 3.34. The fraction of sp³-hybridized carbons (Fsp3) is 0.333. The molecule has 0 radical (unpaired) electrons. The summed E-state index contributed by atoms with van der Waals surface area (Å²) in [5, 5.41) is 0.753. The van der Waals surface area contributed by atoms with Crippen LogP contribution in [0, 0.1) is 0 Å². The third-order valence-corrected chi connectivity index (χ3v) is 2.40. The van der Waals surface area contributed by atoms with Crippen molar-refractivity contribution in [2.45, 2.75) is 12.6 Å². The van der Waals surface area contributed by atoms with Gasteiger partial charge in [-0.1, -0.05) is 23.7 Å². The molecule has 0 saturated heterocycles. The lowest BCUT2D eigenvalue weighted by Crippen LogP contribution is -2.23. The SMILES string of the molecule is N[C@@H]1COCc2cccc(Cl)c21. The number of halogens is 1. The molecule has 2 N–H and O–H groups in total. The fourth-order valence-electron chi connectivity index (χ4n) is 1.50. The molecule has 0 aliphatic carbocycles. The minimum atomic E-state index is -0.0672. The van der Waals surface area contributed by atoms with Gasteiger partial charge in [0.2, 0.25) is 0 Å². The van der Waals surface area contributed by atoms with Gasteiger partial charge in [0.1, 0.15) is 0 Å². The molecule has 12 heavy (non-hydrogen) atoms. The number of nitrogens with two attached hydrogens (primary N) is 1. The summed E-state index contributed by atoms with van der Waals surface area (Å²) in [6.45, 7) is 1.19. The maximum absolute atomic E-state index is 6.00. The zero-order valence-electron chi connectivity index (χ0n) is 6.59. The van der Waals surface area contributed by atoms with Gasteiger partial charge in [-0.2, -0.15) is 0 Å². The number of benzene rings is 1. The van der Waals surface area contributed by atoms with Gasteiger partial charge in [-0.3, -0.25) is 0 Å². The molecule has 0 unspecified atom stereocenters. The monoisotopic (exact) mass is 183 g/mol. The van der Waals surface area contributed by atoms with E-state index in [-0.39, 0.29) is 6.04 Å². The van der Waals surface area contributed by atoms with Gasteiger partial charge < -0.3 is 10.5 Å². The third kappa shape index (κ3) is 1.22. The second kappa shape index (κ2) is 3.05. The molecule has 1 aliphatic rings. The van der Waals surface area contributed by atoms with Crippen LogP contribution in [0.1, 0.15) is 17.2 Å². The normalized spacial score (nSPS) is 22.0. The Bertz CT molecular complexity index is 301. The quantitative estimate of drug-likeness (QED) is 0.667. The van der Waals surface area contributed by atoms with E-state index < -0.39 is 0 Å². The van der Waals surface area contributed by atoms with Crippen LogP contribution in [0.5, 0.6) is 0 Å². The van der Waals surface area contributed by atoms with Crippen molar-refractivity contribution in [3.05, 3.63) is 34.3 Å². The Labute approximate surface area is 76.3 Å². The highest BCUT2D eigenvalue weighted by Crippen LogP contribution is 2.29. The van der Waals surface area contributed by atoms with Gasteiger partial charge in [0.15, 0.2) is 0 Å². The molecule has 0 bridgehead atoms. The first-order chi connectivity index (χ1) is 5.79. The van der Waals surface area contributed by atoms with E-state index in [0.29, 0.717) is 13.2 Å². The molecule has 1 aromatic carbocycles. The van der Waals surface area contributed by atoms with Crippen molar-refractivity contribution < 1.29 is 4.74 Å². The van der Waals surface area contributed by atoms with E-state index in [1.165, 1.54) is 0 Å². The molecular formula is C9H10ClNO. The first kappa shape index (κ1) is 8.05. The summed E-state index contributed by atoms with van der Waals surface area (Å²) >= 11 is 6.00. The highest BCUT2D eigenvalue weighted by atomic mass is 35.5. The lowest BCUT2D eigenvalue weighted by Gasteiger charge is -2.23. The molecule has 0 aromatic heterocycles. The largest absolute Gasteiger partial charge is 0.375 e. The van der Waals surface area contributed by atoms with Crippen molar-refractivity contribution >= 4 is 11.6 Å². The Balaban J connectivity index is 2.53. The van der Waals surface area contributed by atoms with Crippen LogP contribution in [0.4, 0.5) is 0 Å². The van der Waals surface area contributed by atoms with Crippen LogP contribution in [0.2, 0.25) is 5.02 Å². The maximum atomic E-state index is 6.00. The lowest BCUT2D eigenvalue weighted by molar-refractivity contribution is 0.0924. The minimum absolute atomic E-state index is 0.0672. The van der Waals surface area contributed by atoms with Crippen LogP contribution in [0.3, 0.4) is 0 Å². The predicted molar refractivity (Wildman–Crippen MR) is 48.0 cm³/mol. The number of hydrogen-bond acceptors (Lipinski definition) is 2. The summed E-state index contributed by atoms with van der Waals surface area (Å²) in [6, 6.07) is 5.72. The third-order valence-electron chi connectivity index (χ3n) is 2.07. The summed E-state index contributed by atoms with van der Waals surface area (Å²) in [4.78, 5) is 0. The molecule has 2 rings (SSSR count). The lowest BCUT2D eigenvalue weighted by atomic mass is 10.00. The van der Waals surface area contributed by atoms with E-state index in [1.54, 1.807) is 0 Å². The second-order valence-electron chi connectivity index (χ2n) is 2.93. The summed E-state index contributed by atoms with van der Waals surface area (Å²) in [5.74, 6) is 0. The highest BCUT2D eigenvalue weighted by molar-refractivity contribution is 6.31. The molecule has 0 spiro atoms. The van der Waals surface area contributed by atoms with Gasteiger partial charge in [0, 0.05) is 5.02 Å². The van der Waals surface area contributed by atoms with Crippen LogP contribution in [0.25, 0.3) is 0 Å². The molecule has 1 aromatic rings. The molecule has 3 heteroatoms. The summed E-state index contributed by atoms with van der Waals surface area (Å²) in [7, 11) is 0. The van der Waals surface area contributed by atoms with E-state index in [9.17, 15) is 0 Å². The van der Waals surface area contributed by atoms with Crippen LogP contribution in [0.15, 0.2) is 18.2 Å². The zero-order chi connectivity index (χ0) is 8.55. The van der Waals surface area contributed by atoms with Gasteiger partial charge in [0.05, 0.1) is 19.3 Å². The van der Waals surface area contributed by atoms with E-state index in [1.807, 2.05) is 18.2 Å². The van der Waals surface area contributed by atoms with Gasteiger partial charge in [-0.05, 0) is 17.2 Å². The van der Waals surface area contributed by atoms with E-state index >= 15 is 0 Å². The molecule has 64 valence electrons. The van der Waals surface area contributed by atoms with Crippen molar-refractivity contribution in [3.8, 4) is 0 Å². The Morgan fingerprint density at radius 2 is 2.33 bits per heavy atom. The van der Waals surface area contributed by atoms with Gasteiger partial charge in [-0.15, -0.1) is 0 Å². The van der Waals surface area contributed by atoms with E-state index in [2.05, 4.69) is 0 Å². The first-order valence-electron chi connectivity index (χ1n) is 3.89. The number of fused-ring (bicyclic) bond motifs is 1. The molecule has 1 heterocycles. The van der Waals surface area contributed by atoms with Crippen LogP contribution in [-0.4, -0.2) is 6.61 Å². The fourth-order valence-corrected chi connectivity index (χ4v) is 1.84. The molecule has 1 aliphatic heterocycles. The topological polar surface area (TPSA) is 35.2 Å². The Kier molecular flexibility index (Phi) is 2.05. The van der Waals surface area contributed by atoms with Crippen molar-refractivity contribution in [2.75, 3.05) is 6.61 Å². The zero-order valence-corrected chi connectivity index (χ0v) is 7.34. The van der Waals surface area contributed by atoms with Crippen LogP contribution < -0.4 is 5.73 Å². The average Bonchev–Trinajstić information content (AvgIpc) is 2.04. The van der Waals surface area contributed by atoms with Crippen molar-refractivity contribution in [3.63, 3.8) is 0 Å². The maximum Gasteiger partial charge on any atom is 0.0721 e. The minimum Gasteiger partial charge on any atom is -0.375 e. The first-order valence-corrected chi connectivity index (χ1v) is 4.27. The van der Waals surface area contributed by atoms with Crippen molar-refractivity contribution in [1.29, 1.82) is 0 Å². The smallest absolute Gasteiger partial charge is 0.0721 e. The summed E-state index contributed by atoms with van der Waals surface area (Å²) in [5.41, 5.74) is 8.00. The number of rotatable bonds is 0. The molecule has 0 amide bonds. The molecule has 0 saturated carbocycles. The molecule has 1 atom stereocenters. The molecule has 0 fully saturated rings. The predicted octanol–water partition coefficient (Wildman–Crippen LogP) is 1.87.